The van der Waals surface area contributed by atoms with Crippen LogP contribution in [-0.4, -0.2) is 18.2 Å². The quantitative estimate of drug-likeness (QED) is 0.818. The van der Waals surface area contributed by atoms with Crippen molar-refractivity contribution in [3.05, 3.63) is 28.3 Å². The van der Waals surface area contributed by atoms with Crippen LogP contribution >= 0.6 is 24.2 Å². The molecular formula is C13H16ClNOS. The van der Waals surface area contributed by atoms with Crippen molar-refractivity contribution in [1.29, 1.82) is 0 Å². The van der Waals surface area contributed by atoms with E-state index in [1.165, 1.54) is 0 Å². The number of carbonyl (C=O) groups is 1. The maximum atomic E-state index is 12.0. The molecular weight excluding hydrogens is 254 g/mol. The van der Waals surface area contributed by atoms with E-state index in [4.69, 9.17) is 11.6 Å². The molecule has 1 saturated heterocycles. The molecule has 1 heterocycles. The SMILES string of the molecule is Cc1cc(Cl)cc(C)c1N1CC(CS)CC1=O. The van der Waals surface area contributed by atoms with E-state index in [0.29, 0.717) is 12.3 Å². The van der Waals surface area contributed by atoms with Gasteiger partial charge in [0.15, 0.2) is 0 Å². The molecule has 1 amide bonds. The minimum atomic E-state index is 0.192. The lowest BCUT2D eigenvalue weighted by Crippen LogP contribution is -2.26. The van der Waals surface area contributed by atoms with Gasteiger partial charge in [-0.05, 0) is 48.8 Å². The van der Waals surface area contributed by atoms with Gasteiger partial charge >= 0.3 is 0 Å². The second-order valence-electron chi connectivity index (χ2n) is 4.65. The van der Waals surface area contributed by atoms with Crippen molar-refractivity contribution in [2.45, 2.75) is 20.3 Å². The monoisotopic (exact) mass is 269 g/mol. The van der Waals surface area contributed by atoms with E-state index in [-0.39, 0.29) is 5.91 Å². The summed E-state index contributed by atoms with van der Waals surface area (Å²) in [6.07, 6.45) is 0.602. The Hall–Kier alpha value is -0.670. The van der Waals surface area contributed by atoms with Gasteiger partial charge in [-0.2, -0.15) is 12.6 Å². The van der Waals surface area contributed by atoms with E-state index in [1.807, 2.05) is 30.9 Å². The molecule has 2 rings (SSSR count). The van der Waals surface area contributed by atoms with E-state index >= 15 is 0 Å². The summed E-state index contributed by atoms with van der Waals surface area (Å²) in [7, 11) is 0. The summed E-state index contributed by atoms with van der Waals surface area (Å²) >= 11 is 10.3. The highest BCUT2D eigenvalue weighted by Crippen LogP contribution is 2.33. The first kappa shape index (κ1) is 12.8. The fourth-order valence-electron chi connectivity index (χ4n) is 2.45. The predicted molar refractivity (Wildman–Crippen MR) is 75.2 cm³/mol. The number of hydrogen-bond donors (Lipinski definition) is 1. The standard InChI is InChI=1S/C13H16ClNOS/c1-8-3-11(14)4-9(2)13(8)15-6-10(7-17)5-12(15)16/h3-4,10,17H,5-7H2,1-2H3. The summed E-state index contributed by atoms with van der Waals surface area (Å²) in [5.41, 5.74) is 3.13. The molecule has 1 aromatic carbocycles. The number of hydrogen-bond acceptors (Lipinski definition) is 2. The molecule has 0 aromatic heterocycles. The van der Waals surface area contributed by atoms with Crippen molar-refractivity contribution < 1.29 is 4.79 Å². The molecule has 0 spiro atoms. The number of amides is 1. The van der Waals surface area contributed by atoms with Crippen molar-refractivity contribution in [3.8, 4) is 0 Å². The minimum absolute atomic E-state index is 0.192. The fourth-order valence-corrected chi connectivity index (χ4v) is 3.02. The van der Waals surface area contributed by atoms with Crippen LogP contribution in [0.4, 0.5) is 5.69 Å². The lowest BCUT2D eigenvalue weighted by atomic mass is 10.1. The zero-order chi connectivity index (χ0) is 12.6. The number of anilines is 1. The Morgan fingerprint density at radius 3 is 2.47 bits per heavy atom. The van der Waals surface area contributed by atoms with Crippen LogP contribution in [0.5, 0.6) is 0 Å². The molecule has 1 atom stereocenters. The van der Waals surface area contributed by atoms with Crippen LogP contribution in [-0.2, 0) is 4.79 Å². The normalized spacial score (nSPS) is 20.1. The Kier molecular flexibility index (Phi) is 3.69. The highest BCUT2D eigenvalue weighted by molar-refractivity contribution is 7.80. The predicted octanol–water partition coefficient (Wildman–Crippen LogP) is 3.24. The number of aryl methyl sites for hydroxylation is 2. The Morgan fingerprint density at radius 1 is 1.41 bits per heavy atom. The van der Waals surface area contributed by atoms with Crippen molar-refractivity contribution in [1.82, 2.24) is 0 Å². The van der Waals surface area contributed by atoms with Gasteiger partial charge in [-0.15, -0.1) is 0 Å². The third-order valence-electron chi connectivity index (χ3n) is 3.19. The van der Waals surface area contributed by atoms with E-state index in [2.05, 4.69) is 12.6 Å². The molecule has 1 aliphatic heterocycles. The van der Waals surface area contributed by atoms with Gasteiger partial charge in [-0.3, -0.25) is 4.79 Å². The van der Waals surface area contributed by atoms with E-state index in [0.717, 1.165) is 34.1 Å². The lowest BCUT2D eigenvalue weighted by Gasteiger charge is -2.21. The summed E-state index contributed by atoms with van der Waals surface area (Å²) in [5.74, 6) is 1.31. The third-order valence-corrected chi connectivity index (χ3v) is 3.92. The van der Waals surface area contributed by atoms with Gasteiger partial charge in [-0.25, -0.2) is 0 Å². The van der Waals surface area contributed by atoms with Crippen LogP contribution in [0.3, 0.4) is 0 Å². The summed E-state index contributed by atoms with van der Waals surface area (Å²) in [6, 6.07) is 3.82. The van der Waals surface area contributed by atoms with Crippen molar-refractivity contribution >= 4 is 35.8 Å². The van der Waals surface area contributed by atoms with Gasteiger partial charge in [0.1, 0.15) is 0 Å². The van der Waals surface area contributed by atoms with Crippen LogP contribution in [0.25, 0.3) is 0 Å². The minimum Gasteiger partial charge on any atom is -0.312 e. The van der Waals surface area contributed by atoms with Gasteiger partial charge in [0.05, 0.1) is 0 Å². The molecule has 0 aliphatic carbocycles. The molecule has 0 saturated carbocycles. The van der Waals surface area contributed by atoms with Crippen LogP contribution in [0.1, 0.15) is 17.5 Å². The highest BCUT2D eigenvalue weighted by Gasteiger charge is 2.31. The largest absolute Gasteiger partial charge is 0.312 e. The number of halogens is 1. The van der Waals surface area contributed by atoms with Gasteiger partial charge < -0.3 is 4.90 Å². The van der Waals surface area contributed by atoms with Crippen LogP contribution < -0.4 is 4.90 Å². The van der Waals surface area contributed by atoms with Gasteiger partial charge in [0.25, 0.3) is 0 Å². The Balaban J connectivity index is 2.38. The zero-order valence-electron chi connectivity index (χ0n) is 10.0. The lowest BCUT2D eigenvalue weighted by molar-refractivity contribution is -0.117. The van der Waals surface area contributed by atoms with Gasteiger partial charge in [-0.1, -0.05) is 11.6 Å². The summed E-state index contributed by atoms with van der Waals surface area (Å²) < 4.78 is 0. The molecule has 0 radical (unpaired) electrons. The fraction of sp³-hybridized carbons (Fsp3) is 0.462. The Morgan fingerprint density at radius 2 is 2.00 bits per heavy atom. The van der Waals surface area contributed by atoms with Crippen molar-refractivity contribution in [2.75, 3.05) is 17.2 Å². The molecule has 92 valence electrons. The number of benzene rings is 1. The Labute approximate surface area is 112 Å². The first-order valence-corrected chi connectivity index (χ1v) is 6.72. The summed E-state index contributed by atoms with van der Waals surface area (Å²) in [5, 5.41) is 0.723. The van der Waals surface area contributed by atoms with E-state index in [9.17, 15) is 4.79 Å². The molecule has 4 heteroatoms. The maximum Gasteiger partial charge on any atom is 0.227 e. The van der Waals surface area contributed by atoms with Crippen LogP contribution in [0.2, 0.25) is 5.02 Å². The van der Waals surface area contributed by atoms with Crippen molar-refractivity contribution in [3.63, 3.8) is 0 Å². The van der Waals surface area contributed by atoms with Crippen molar-refractivity contribution in [2.24, 2.45) is 5.92 Å². The van der Waals surface area contributed by atoms with Gasteiger partial charge in [0.2, 0.25) is 5.91 Å². The maximum absolute atomic E-state index is 12.0. The molecule has 1 unspecified atom stereocenters. The first-order chi connectivity index (χ1) is 8.02. The summed E-state index contributed by atoms with van der Waals surface area (Å²) in [4.78, 5) is 13.9. The topological polar surface area (TPSA) is 20.3 Å². The molecule has 17 heavy (non-hydrogen) atoms. The molecule has 1 aromatic rings. The van der Waals surface area contributed by atoms with Gasteiger partial charge in [0, 0.05) is 23.7 Å². The van der Waals surface area contributed by atoms with E-state index < -0.39 is 0 Å². The average molecular weight is 270 g/mol. The second-order valence-corrected chi connectivity index (χ2v) is 5.45. The third kappa shape index (κ3) is 2.45. The molecule has 1 aliphatic rings. The molecule has 0 bridgehead atoms. The molecule has 0 N–H and O–H groups in total. The number of nitrogens with zero attached hydrogens (tertiary/aromatic N) is 1. The smallest absolute Gasteiger partial charge is 0.227 e. The highest BCUT2D eigenvalue weighted by atomic mass is 35.5. The summed E-state index contributed by atoms with van der Waals surface area (Å²) in [6.45, 7) is 4.76. The van der Waals surface area contributed by atoms with Crippen LogP contribution in [0.15, 0.2) is 12.1 Å². The molecule has 1 fully saturated rings. The molecule has 2 nitrogen and oxygen atoms in total. The zero-order valence-corrected chi connectivity index (χ0v) is 11.7. The number of carbonyl (C=O) groups excluding carboxylic acids is 1. The number of rotatable bonds is 2. The first-order valence-electron chi connectivity index (χ1n) is 5.71. The van der Waals surface area contributed by atoms with E-state index in [1.54, 1.807) is 0 Å². The average Bonchev–Trinajstić information content (AvgIpc) is 2.59. The second kappa shape index (κ2) is 4.91. The number of thiol groups is 1. The van der Waals surface area contributed by atoms with Crippen LogP contribution in [0, 0.1) is 19.8 Å². The Bertz CT molecular complexity index is 438.